The van der Waals surface area contributed by atoms with E-state index in [0.29, 0.717) is 0 Å². The van der Waals surface area contributed by atoms with E-state index in [9.17, 15) is 9.59 Å². The van der Waals surface area contributed by atoms with Gasteiger partial charge in [-0.25, -0.2) is 9.78 Å². The van der Waals surface area contributed by atoms with Crippen molar-refractivity contribution in [2.45, 2.75) is 70.5 Å². The monoisotopic (exact) mass is 552 g/mol. The molecule has 5 rings (SSSR count). The molecule has 8 heteroatoms. The first-order valence-electron chi connectivity index (χ1n) is 12.6. The van der Waals surface area contributed by atoms with Crippen LogP contribution in [0.5, 0.6) is 0 Å². The molecule has 1 saturated heterocycles. The molecule has 7 nitrogen and oxygen atoms in total. The first kappa shape index (κ1) is 24.8. The molecule has 0 radical (unpaired) electrons. The first-order valence-corrected chi connectivity index (χ1v) is 13.4. The number of carbonyl (C=O) groups excluding carboxylic acids is 2. The molecule has 1 saturated carbocycles. The number of methoxy groups -OCH3 is 1. The Morgan fingerprint density at radius 3 is 2.72 bits per heavy atom. The van der Waals surface area contributed by atoms with Crippen LogP contribution in [-0.4, -0.2) is 46.1 Å². The Morgan fingerprint density at radius 1 is 1.19 bits per heavy atom. The summed E-state index contributed by atoms with van der Waals surface area (Å²) in [7, 11) is 1.31. The van der Waals surface area contributed by atoms with Crippen LogP contribution >= 0.6 is 15.9 Å². The van der Waals surface area contributed by atoms with E-state index >= 15 is 0 Å². The van der Waals surface area contributed by atoms with Gasteiger partial charge in [0.2, 0.25) is 5.91 Å². The van der Waals surface area contributed by atoms with E-state index in [4.69, 9.17) is 9.72 Å². The molecule has 3 aromatic rings. The van der Waals surface area contributed by atoms with Gasteiger partial charge in [0.1, 0.15) is 11.9 Å². The van der Waals surface area contributed by atoms with E-state index in [1.54, 1.807) is 6.92 Å². The summed E-state index contributed by atoms with van der Waals surface area (Å²) in [4.78, 5) is 36.1. The third-order valence-corrected chi connectivity index (χ3v) is 8.69. The number of likely N-dealkylation sites (tertiary alicyclic amines) is 1. The number of carbonyl (C=O) groups is 2. The van der Waals surface area contributed by atoms with Crippen LogP contribution in [0.2, 0.25) is 0 Å². The third-order valence-electron chi connectivity index (χ3n) is 8.20. The van der Waals surface area contributed by atoms with Crippen LogP contribution in [0.3, 0.4) is 0 Å². The number of nitrogens with one attached hydrogen (secondary N) is 2. The van der Waals surface area contributed by atoms with Crippen LogP contribution < -0.4 is 5.32 Å². The molecule has 36 heavy (non-hydrogen) atoms. The Bertz CT molecular complexity index is 1320. The molecule has 1 aliphatic carbocycles. The van der Waals surface area contributed by atoms with Gasteiger partial charge in [0.05, 0.1) is 24.5 Å². The van der Waals surface area contributed by atoms with Crippen molar-refractivity contribution in [3.8, 4) is 11.3 Å². The highest BCUT2D eigenvalue weighted by Crippen LogP contribution is 2.56. The van der Waals surface area contributed by atoms with Gasteiger partial charge >= 0.3 is 6.09 Å². The van der Waals surface area contributed by atoms with Crippen LogP contribution in [0.4, 0.5) is 4.79 Å². The fraction of sp³-hybridized carbons (Fsp3) is 0.464. The molecular weight excluding hydrogens is 520 g/mol. The lowest BCUT2D eigenvalue weighted by Crippen LogP contribution is -2.56. The number of halogens is 1. The fourth-order valence-corrected chi connectivity index (χ4v) is 6.85. The molecule has 1 unspecified atom stereocenters. The smallest absolute Gasteiger partial charge is 0.407 e. The number of rotatable bonds is 4. The summed E-state index contributed by atoms with van der Waals surface area (Å²) in [6, 6.07) is 12.0. The maximum absolute atomic E-state index is 13.8. The standard InChI is InChI=1S/C28H33BrN4O3/c1-17(31-26(35)36-4)24(34)33-23-7-5-6-12-27(23,2)16-28(33,3)25-30-15-22(32-25)20-9-8-19-14-21(29)11-10-18(19)13-20/h8-11,13-15,17,23H,5-7,12,16H2,1-4H3,(H,30,32)(H,31,35)/t17?,23-,27-,28-/m0/s1. The van der Waals surface area contributed by atoms with Crippen molar-refractivity contribution in [1.29, 1.82) is 0 Å². The van der Waals surface area contributed by atoms with Crippen molar-refractivity contribution in [3.05, 3.63) is 52.9 Å². The molecule has 2 heterocycles. The lowest BCUT2D eigenvalue weighted by atomic mass is 9.70. The predicted octanol–water partition coefficient (Wildman–Crippen LogP) is 6.13. The zero-order chi connectivity index (χ0) is 25.7. The van der Waals surface area contributed by atoms with Gasteiger partial charge in [-0.05, 0) is 67.5 Å². The second-order valence-electron chi connectivity index (χ2n) is 10.8. The second-order valence-corrected chi connectivity index (χ2v) is 11.7. The summed E-state index contributed by atoms with van der Waals surface area (Å²) in [6.45, 7) is 6.13. The molecule has 4 atom stereocenters. The lowest BCUT2D eigenvalue weighted by Gasteiger charge is -2.42. The number of aromatic amines is 1. The van der Waals surface area contributed by atoms with Gasteiger partial charge in [-0.3, -0.25) is 4.79 Å². The lowest BCUT2D eigenvalue weighted by molar-refractivity contribution is -0.141. The van der Waals surface area contributed by atoms with Crippen molar-refractivity contribution in [2.75, 3.05) is 7.11 Å². The Morgan fingerprint density at radius 2 is 1.94 bits per heavy atom. The van der Waals surface area contributed by atoms with Crippen LogP contribution in [-0.2, 0) is 15.1 Å². The number of alkyl carbamates (subject to hydrolysis) is 1. The second kappa shape index (κ2) is 9.21. The number of amides is 2. The summed E-state index contributed by atoms with van der Waals surface area (Å²) >= 11 is 3.54. The summed E-state index contributed by atoms with van der Waals surface area (Å²) in [5.74, 6) is 0.676. The van der Waals surface area contributed by atoms with Crippen LogP contribution in [0.15, 0.2) is 47.1 Å². The van der Waals surface area contributed by atoms with E-state index in [-0.39, 0.29) is 17.4 Å². The summed E-state index contributed by atoms with van der Waals surface area (Å²) in [6.07, 6.45) is 6.36. The molecular formula is C28H33BrN4O3. The number of imidazole rings is 1. The van der Waals surface area contributed by atoms with E-state index in [2.05, 4.69) is 70.4 Å². The summed E-state index contributed by atoms with van der Waals surface area (Å²) < 4.78 is 5.80. The van der Waals surface area contributed by atoms with Crippen molar-refractivity contribution in [2.24, 2.45) is 5.41 Å². The van der Waals surface area contributed by atoms with Crippen molar-refractivity contribution in [1.82, 2.24) is 20.2 Å². The van der Waals surface area contributed by atoms with E-state index < -0.39 is 17.7 Å². The topological polar surface area (TPSA) is 87.3 Å². The van der Waals surface area contributed by atoms with E-state index in [1.165, 1.54) is 7.11 Å². The predicted molar refractivity (Wildman–Crippen MR) is 143 cm³/mol. The van der Waals surface area contributed by atoms with Gasteiger partial charge in [-0.1, -0.05) is 53.9 Å². The molecule has 2 aliphatic rings. The number of hydrogen-bond donors (Lipinski definition) is 2. The van der Waals surface area contributed by atoms with E-state index in [1.807, 2.05) is 17.2 Å². The van der Waals surface area contributed by atoms with Gasteiger partial charge in [0, 0.05) is 16.1 Å². The minimum absolute atomic E-state index is 0.00304. The highest BCUT2D eigenvalue weighted by Gasteiger charge is 2.59. The molecule has 1 aliphatic heterocycles. The molecule has 0 spiro atoms. The maximum atomic E-state index is 13.8. The highest BCUT2D eigenvalue weighted by molar-refractivity contribution is 9.10. The molecule has 1 aromatic heterocycles. The molecule has 2 aromatic carbocycles. The van der Waals surface area contributed by atoms with Crippen LogP contribution in [0.1, 0.15) is 58.7 Å². The normalized spacial score (nSPS) is 26.5. The number of nitrogens with zero attached hydrogens (tertiary/aromatic N) is 2. The van der Waals surface area contributed by atoms with E-state index in [0.717, 1.165) is 64.4 Å². The Hall–Kier alpha value is -2.87. The van der Waals surface area contributed by atoms with Crippen LogP contribution in [0.25, 0.3) is 22.0 Å². The minimum Gasteiger partial charge on any atom is -0.453 e. The number of benzene rings is 2. The highest BCUT2D eigenvalue weighted by atomic mass is 79.9. The minimum atomic E-state index is -0.699. The number of aromatic nitrogens is 2. The largest absolute Gasteiger partial charge is 0.453 e. The van der Waals surface area contributed by atoms with Gasteiger partial charge in [0.25, 0.3) is 0 Å². The quantitative estimate of drug-likeness (QED) is 0.407. The number of hydrogen-bond acceptors (Lipinski definition) is 4. The Kier molecular flexibility index (Phi) is 6.35. The van der Waals surface area contributed by atoms with Crippen LogP contribution in [0, 0.1) is 5.41 Å². The zero-order valence-electron chi connectivity index (χ0n) is 21.2. The number of ether oxygens (including phenoxy) is 1. The average Bonchev–Trinajstić information content (AvgIpc) is 3.44. The molecule has 190 valence electrons. The molecule has 2 amide bonds. The van der Waals surface area contributed by atoms with Gasteiger partial charge in [-0.2, -0.15) is 0 Å². The molecule has 2 N–H and O–H groups in total. The first-order chi connectivity index (χ1) is 17.1. The van der Waals surface area contributed by atoms with Crippen molar-refractivity contribution < 1.29 is 14.3 Å². The van der Waals surface area contributed by atoms with Crippen molar-refractivity contribution >= 4 is 38.7 Å². The molecule has 2 fully saturated rings. The van der Waals surface area contributed by atoms with Crippen molar-refractivity contribution in [3.63, 3.8) is 0 Å². The third kappa shape index (κ3) is 4.19. The maximum Gasteiger partial charge on any atom is 0.407 e. The number of H-pyrrole nitrogens is 1. The van der Waals surface area contributed by atoms with Gasteiger partial charge in [-0.15, -0.1) is 0 Å². The molecule has 0 bridgehead atoms. The Balaban J connectivity index is 1.52. The van der Waals surface area contributed by atoms with Gasteiger partial charge < -0.3 is 19.9 Å². The zero-order valence-corrected chi connectivity index (χ0v) is 22.8. The number of fused-ring (bicyclic) bond motifs is 2. The van der Waals surface area contributed by atoms with Gasteiger partial charge in [0.15, 0.2) is 0 Å². The summed E-state index contributed by atoms with van der Waals surface area (Å²) in [5, 5.41) is 4.98. The summed E-state index contributed by atoms with van der Waals surface area (Å²) in [5.41, 5.74) is 1.35. The Labute approximate surface area is 220 Å². The average molecular weight is 554 g/mol. The fourth-order valence-electron chi connectivity index (χ4n) is 6.47. The SMILES string of the molecule is COC(=O)NC(C)C(=O)N1[C@H]2CCCC[C@@]2(C)C[C@@]1(C)c1ncc(-c2ccc3cc(Br)ccc3c2)[nH]1.